The van der Waals surface area contributed by atoms with Gasteiger partial charge in [0.05, 0.1) is 0 Å². The van der Waals surface area contributed by atoms with E-state index in [4.69, 9.17) is 15.0 Å². The van der Waals surface area contributed by atoms with E-state index in [-0.39, 0.29) is 0 Å². The third-order valence-corrected chi connectivity index (χ3v) is 8.70. The minimum atomic E-state index is 0.664. The van der Waals surface area contributed by atoms with E-state index in [1.54, 1.807) is 0 Å². The summed E-state index contributed by atoms with van der Waals surface area (Å²) in [6, 6.07) is 48.6. The summed E-state index contributed by atoms with van der Waals surface area (Å²) >= 11 is 1.81. The van der Waals surface area contributed by atoms with E-state index in [2.05, 4.69) is 115 Å². The molecule has 0 saturated heterocycles. The minimum absolute atomic E-state index is 0.664. The van der Waals surface area contributed by atoms with Gasteiger partial charge in [-0.05, 0) is 52.2 Å². The smallest absolute Gasteiger partial charge is 0.164 e. The largest absolute Gasteiger partial charge is 0.208 e. The van der Waals surface area contributed by atoms with E-state index in [9.17, 15) is 0 Å². The second kappa shape index (κ2) is 9.77. The summed E-state index contributed by atoms with van der Waals surface area (Å²) in [7, 11) is 0. The number of thiophene rings is 1. The standard InChI is InChI=1S/C37H23N3S/c1-3-11-24(12-4-1)27-20-21-31(29-16-8-7-15-28(27)29)37-39-35(25-13-5-2-6-14-25)38-36(40-37)26-19-22-34-32(23-26)30-17-9-10-18-33(30)41-34/h1-23H. The summed E-state index contributed by atoms with van der Waals surface area (Å²) in [5, 5.41) is 4.77. The molecule has 2 aromatic heterocycles. The predicted molar refractivity (Wildman–Crippen MR) is 172 cm³/mol. The van der Waals surface area contributed by atoms with Crippen LogP contribution in [-0.2, 0) is 0 Å². The van der Waals surface area contributed by atoms with Crippen molar-refractivity contribution in [3.63, 3.8) is 0 Å². The maximum absolute atomic E-state index is 5.10. The van der Waals surface area contributed by atoms with E-state index >= 15 is 0 Å². The number of rotatable bonds is 4. The number of fused-ring (bicyclic) bond motifs is 4. The molecule has 0 N–H and O–H groups in total. The highest BCUT2D eigenvalue weighted by atomic mass is 32.1. The molecule has 0 aliphatic heterocycles. The van der Waals surface area contributed by atoms with Gasteiger partial charge in [-0.3, -0.25) is 0 Å². The number of hydrogen-bond acceptors (Lipinski definition) is 4. The first-order chi connectivity index (χ1) is 20.3. The zero-order chi connectivity index (χ0) is 27.2. The Labute approximate surface area is 241 Å². The molecule has 0 aliphatic carbocycles. The van der Waals surface area contributed by atoms with Gasteiger partial charge in [-0.25, -0.2) is 15.0 Å². The lowest BCUT2D eigenvalue weighted by Gasteiger charge is -2.13. The molecule has 8 rings (SSSR count). The van der Waals surface area contributed by atoms with Crippen LogP contribution in [0, 0.1) is 0 Å². The van der Waals surface area contributed by atoms with Gasteiger partial charge in [0.25, 0.3) is 0 Å². The zero-order valence-corrected chi connectivity index (χ0v) is 22.8. The number of aromatic nitrogens is 3. The Kier molecular flexibility index (Phi) is 5.64. The molecule has 0 atom stereocenters. The van der Waals surface area contributed by atoms with Gasteiger partial charge in [-0.2, -0.15) is 0 Å². The molecule has 0 fully saturated rings. The molecule has 0 radical (unpaired) electrons. The second-order valence-corrected chi connectivity index (χ2v) is 11.1. The summed E-state index contributed by atoms with van der Waals surface area (Å²) in [5.41, 5.74) is 5.31. The van der Waals surface area contributed by atoms with Crippen LogP contribution in [0.1, 0.15) is 0 Å². The fourth-order valence-electron chi connectivity index (χ4n) is 5.57. The molecule has 2 heterocycles. The van der Waals surface area contributed by atoms with Crippen molar-refractivity contribution in [2.45, 2.75) is 0 Å². The average molecular weight is 542 g/mol. The highest BCUT2D eigenvalue weighted by molar-refractivity contribution is 7.25. The SMILES string of the molecule is c1ccc(-c2nc(-c3ccc4sc5ccccc5c4c3)nc(-c3ccc(-c4ccccc4)c4ccccc34)n2)cc1. The van der Waals surface area contributed by atoms with Crippen molar-refractivity contribution >= 4 is 42.3 Å². The van der Waals surface area contributed by atoms with Crippen LogP contribution >= 0.6 is 11.3 Å². The van der Waals surface area contributed by atoms with Crippen LogP contribution in [0.5, 0.6) is 0 Å². The number of hydrogen-bond donors (Lipinski definition) is 0. The van der Waals surface area contributed by atoms with Gasteiger partial charge < -0.3 is 0 Å². The molecule has 0 aliphatic rings. The summed E-state index contributed by atoms with van der Waals surface area (Å²) in [6.07, 6.45) is 0. The topological polar surface area (TPSA) is 38.7 Å². The Hall–Kier alpha value is -5.19. The van der Waals surface area contributed by atoms with Gasteiger partial charge in [0.15, 0.2) is 17.5 Å². The molecular weight excluding hydrogens is 518 g/mol. The molecule has 0 saturated carbocycles. The summed E-state index contributed by atoms with van der Waals surface area (Å²) in [4.78, 5) is 15.1. The fraction of sp³-hybridized carbons (Fsp3) is 0. The van der Waals surface area contributed by atoms with Crippen LogP contribution in [0.4, 0.5) is 0 Å². The molecule has 4 heteroatoms. The van der Waals surface area contributed by atoms with Crippen LogP contribution in [0.25, 0.3) is 76.2 Å². The number of benzene rings is 6. The van der Waals surface area contributed by atoms with E-state index in [0.29, 0.717) is 17.5 Å². The Morgan fingerprint density at radius 2 is 0.878 bits per heavy atom. The van der Waals surface area contributed by atoms with Gasteiger partial charge in [0.2, 0.25) is 0 Å². The lowest BCUT2D eigenvalue weighted by atomic mass is 9.94. The molecule has 3 nitrogen and oxygen atoms in total. The lowest BCUT2D eigenvalue weighted by molar-refractivity contribution is 1.08. The first kappa shape index (κ1) is 23.7. The predicted octanol–water partition coefficient (Wildman–Crippen LogP) is 10.1. The Bertz CT molecular complexity index is 2200. The Morgan fingerprint density at radius 1 is 0.341 bits per heavy atom. The Morgan fingerprint density at radius 3 is 1.63 bits per heavy atom. The Balaban J connectivity index is 1.36. The van der Waals surface area contributed by atoms with Crippen molar-refractivity contribution in [3.8, 4) is 45.3 Å². The van der Waals surface area contributed by atoms with Crippen LogP contribution in [0.2, 0.25) is 0 Å². The number of nitrogens with zero attached hydrogens (tertiary/aromatic N) is 3. The molecule has 8 aromatic rings. The van der Waals surface area contributed by atoms with Crippen LogP contribution in [-0.4, -0.2) is 15.0 Å². The summed E-state index contributed by atoms with van der Waals surface area (Å²) in [6.45, 7) is 0. The molecule has 192 valence electrons. The first-order valence-electron chi connectivity index (χ1n) is 13.6. The van der Waals surface area contributed by atoms with Crippen molar-refractivity contribution in [2.75, 3.05) is 0 Å². The normalized spacial score (nSPS) is 11.4. The molecule has 0 bridgehead atoms. The average Bonchev–Trinajstić information content (AvgIpc) is 3.43. The van der Waals surface area contributed by atoms with Gasteiger partial charge in [0, 0.05) is 36.9 Å². The molecular formula is C37H23N3S. The van der Waals surface area contributed by atoms with Crippen molar-refractivity contribution in [3.05, 3.63) is 140 Å². The van der Waals surface area contributed by atoms with Crippen molar-refractivity contribution in [2.24, 2.45) is 0 Å². The highest BCUT2D eigenvalue weighted by Gasteiger charge is 2.16. The van der Waals surface area contributed by atoms with E-state index < -0.39 is 0 Å². The van der Waals surface area contributed by atoms with Gasteiger partial charge in [0.1, 0.15) is 0 Å². The highest BCUT2D eigenvalue weighted by Crippen LogP contribution is 2.38. The van der Waals surface area contributed by atoms with Crippen LogP contribution in [0.15, 0.2) is 140 Å². The van der Waals surface area contributed by atoms with E-state index in [1.165, 1.54) is 36.7 Å². The molecule has 6 aromatic carbocycles. The minimum Gasteiger partial charge on any atom is -0.208 e. The lowest BCUT2D eigenvalue weighted by Crippen LogP contribution is -2.00. The first-order valence-corrected chi connectivity index (χ1v) is 14.4. The van der Waals surface area contributed by atoms with Crippen molar-refractivity contribution in [1.82, 2.24) is 15.0 Å². The summed E-state index contributed by atoms with van der Waals surface area (Å²) < 4.78 is 2.54. The van der Waals surface area contributed by atoms with Crippen LogP contribution < -0.4 is 0 Å². The third kappa shape index (κ3) is 4.17. The van der Waals surface area contributed by atoms with Crippen molar-refractivity contribution < 1.29 is 0 Å². The molecule has 0 unspecified atom stereocenters. The third-order valence-electron chi connectivity index (χ3n) is 7.55. The maximum Gasteiger partial charge on any atom is 0.164 e. The van der Waals surface area contributed by atoms with Gasteiger partial charge >= 0.3 is 0 Å². The van der Waals surface area contributed by atoms with Crippen molar-refractivity contribution in [1.29, 1.82) is 0 Å². The monoisotopic (exact) mass is 541 g/mol. The molecule has 41 heavy (non-hydrogen) atoms. The maximum atomic E-state index is 5.10. The summed E-state index contributed by atoms with van der Waals surface area (Å²) in [5.74, 6) is 2.00. The zero-order valence-electron chi connectivity index (χ0n) is 22.0. The molecule has 0 amide bonds. The fourth-order valence-corrected chi connectivity index (χ4v) is 6.66. The van der Waals surface area contributed by atoms with Gasteiger partial charge in [-0.1, -0.05) is 109 Å². The second-order valence-electron chi connectivity index (χ2n) is 10.1. The molecule has 0 spiro atoms. The quantitative estimate of drug-likeness (QED) is 0.222. The van der Waals surface area contributed by atoms with E-state index in [1.807, 2.05) is 35.6 Å². The van der Waals surface area contributed by atoms with Gasteiger partial charge in [-0.15, -0.1) is 11.3 Å². The van der Waals surface area contributed by atoms with E-state index in [0.717, 1.165) is 22.1 Å². The van der Waals surface area contributed by atoms with Crippen LogP contribution in [0.3, 0.4) is 0 Å².